The van der Waals surface area contributed by atoms with Gasteiger partial charge in [0.1, 0.15) is 15.7 Å². The third-order valence-corrected chi connectivity index (χ3v) is 6.20. The second-order valence-corrected chi connectivity index (χ2v) is 8.11. The van der Waals surface area contributed by atoms with Crippen molar-refractivity contribution in [3.8, 4) is 10.7 Å². The molecule has 0 unspecified atom stereocenters. The molecule has 0 radical (unpaired) electrons. The van der Waals surface area contributed by atoms with E-state index in [1.165, 1.54) is 11.3 Å². The number of rotatable bonds is 4. The molecular weight excluding hydrogens is 344 g/mol. The lowest BCUT2D eigenvalue weighted by Crippen LogP contribution is -2.15. The Morgan fingerprint density at radius 3 is 2.50 bits per heavy atom. The standard InChI is InChI=1S/C16H18N4O2S2/c1-10-6-5-7-15(17-10)19-24(21,22)14-8-13(20(4)12(14)3)16-18-11(2)9-23-16/h5-9H,1-4H3,(H,17,19). The van der Waals surface area contributed by atoms with Crippen LogP contribution in [0.2, 0.25) is 0 Å². The molecule has 0 saturated heterocycles. The topological polar surface area (TPSA) is 76.9 Å². The summed E-state index contributed by atoms with van der Waals surface area (Å²) in [5.41, 5.74) is 3.10. The van der Waals surface area contributed by atoms with Gasteiger partial charge in [-0.2, -0.15) is 0 Å². The Labute approximate surface area is 145 Å². The highest BCUT2D eigenvalue weighted by atomic mass is 32.2. The van der Waals surface area contributed by atoms with Crippen molar-refractivity contribution in [3.63, 3.8) is 0 Å². The van der Waals surface area contributed by atoms with Crippen LogP contribution in [0.15, 0.2) is 34.5 Å². The first kappa shape index (κ1) is 16.7. The Morgan fingerprint density at radius 2 is 1.88 bits per heavy atom. The highest BCUT2D eigenvalue weighted by molar-refractivity contribution is 7.92. The number of hydrogen-bond acceptors (Lipinski definition) is 5. The van der Waals surface area contributed by atoms with Gasteiger partial charge >= 0.3 is 0 Å². The molecule has 8 heteroatoms. The van der Waals surface area contributed by atoms with E-state index in [9.17, 15) is 8.42 Å². The van der Waals surface area contributed by atoms with E-state index < -0.39 is 10.0 Å². The maximum atomic E-state index is 12.8. The fourth-order valence-corrected chi connectivity index (χ4v) is 4.55. The zero-order valence-electron chi connectivity index (χ0n) is 13.9. The average Bonchev–Trinajstić information content (AvgIpc) is 3.04. The third kappa shape index (κ3) is 3.07. The molecule has 6 nitrogen and oxygen atoms in total. The summed E-state index contributed by atoms with van der Waals surface area (Å²) in [6.45, 7) is 5.51. The van der Waals surface area contributed by atoms with E-state index in [1.54, 1.807) is 25.1 Å². The van der Waals surface area contributed by atoms with Gasteiger partial charge in [0.15, 0.2) is 0 Å². The van der Waals surface area contributed by atoms with Crippen LogP contribution in [-0.2, 0) is 17.1 Å². The Hall–Kier alpha value is -2.19. The molecule has 0 saturated carbocycles. The van der Waals surface area contributed by atoms with E-state index in [0.29, 0.717) is 11.5 Å². The summed E-state index contributed by atoms with van der Waals surface area (Å²) in [4.78, 5) is 8.87. The van der Waals surface area contributed by atoms with Crippen molar-refractivity contribution < 1.29 is 8.42 Å². The van der Waals surface area contributed by atoms with Crippen molar-refractivity contribution >= 4 is 27.2 Å². The van der Waals surface area contributed by atoms with Crippen molar-refractivity contribution in [1.82, 2.24) is 14.5 Å². The molecule has 3 rings (SSSR count). The van der Waals surface area contributed by atoms with E-state index >= 15 is 0 Å². The van der Waals surface area contributed by atoms with Gasteiger partial charge in [-0.1, -0.05) is 6.07 Å². The smallest absolute Gasteiger partial charge is 0.264 e. The Kier molecular flexibility index (Phi) is 4.18. The number of anilines is 1. The van der Waals surface area contributed by atoms with Crippen LogP contribution >= 0.6 is 11.3 Å². The van der Waals surface area contributed by atoms with Gasteiger partial charge in [0.25, 0.3) is 10.0 Å². The minimum absolute atomic E-state index is 0.233. The number of nitrogens with zero attached hydrogens (tertiary/aromatic N) is 3. The fraction of sp³-hybridized carbons (Fsp3) is 0.250. The van der Waals surface area contributed by atoms with E-state index in [4.69, 9.17) is 0 Å². The first-order valence-electron chi connectivity index (χ1n) is 7.33. The largest absolute Gasteiger partial charge is 0.345 e. The molecule has 1 N–H and O–H groups in total. The highest BCUT2D eigenvalue weighted by Crippen LogP contribution is 2.30. The highest BCUT2D eigenvalue weighted by Gasteiger charge is 2.23. The van der Waals surface area contributed by atoms with Gasteiger partial charge in [-0.25, -0.2) is 18.4 Å². The minimum Gasteiger partial charge on any atom is -0.345 e. The summed E-state index contributed by atoms with van der Waals surface area (Å²) in [7, 11) is -1.88. The van der Waals surface area contributed by atoms with E-state index in [1.807, 2.05) is 36.9 Å². The number of pyridine rings is 1. The molecule has 0 atom stereocenters. The monoisotopic (exact) mass is 362 g/mol. The first-order valence-corrected chi connectivity index (χ1v) is 9.69. The predicted octanol–water partition coefficient (Wildman–Crippen LogP) is 3.27. The number of sulfonamides is 1. The second-order valence-electron chi connectivity index (χ2n) is 5.60. The van der Waals surface area contributed by atoms with Gasteiger partial charge in [0.2, 0.25) is 0 Å². The number of nitrogens with one attached hydrogen (secondary N) is 1. The molecule has 0 bridgehead atoms. The quantitative estimate of drug-likeness (QED) is 0.773. The number of aromatic nitrogens is 3. The normalized spacial score (nSPS) is 11.7. The van der Waals surface area contributed by atoms with Crippen LogP contribution in [0.5, 0.6) is 0 Å². The molecule has 126 valence electrons. The molecular formula is C16H18N4O2S2. The summed E-state index contributed by atoms with van der Waals surface area (Å²) in [6.07, 6.45) is 0. The molecule has 0 aromatic carbocycles. The Bertz CT molecular complexity index is 1000. The summed E-state index contributed by atoms with van der Waals surface area (Å²) in [5.74, 6) is 0.310. The molecule has 0 aliphatic carbocycles. The molecule has 0 aliphatic heterocycles. The number of hydrogen-bond donors (Lipinski definition) is 1. The molecule has 3 aromatic heterocycles. The fourth-order valence-electron chi connectivity index (χ4n) is 2.41. The van der Waals surface area contributed by atoms with Crippen LogP contribution in [-0.4, -0.2) is 23.0 Å². The van der Waals surface area contributed by atoms with Crippen molar-refractivity contribution in [2.75, 3.05) is 4.72 Å². The molecule has 0 aliphatic rings. The molecule has 24 heavy (non-hydrogen) atoms. The predicted molar refractivity (Wildman–Crippen MR) is 95.8 cm³/mol. The Balaban J connectivity index is 2.02. The molecule has 3 heterocycles. The zero-order valence-corrected chi connectivity index (χ0v) is 15.5. The second kappa shape index (κ2) is 6.03. The van der Waals surface area contributed by atoms with E-state index in [2.05, 4.69) is 14.7 Å². The lowest BCUT2D eigenvalue weighted by molar-refractivity contribution is 0.600. The molecule has 0 spiro atoms. The third-order valence-electron chi connectivity index (χ3n) is 3.74. The van der Waals surface area contributed by atoms with Gasteiger partial charge in [-0.15, -0.1) is 11.3 Å². The lowest BCUT2D eigenvalue weighted by atomic mass is 10.4. The minimum atomic E-state index is -3.72. The summed E-state index contributed by atoms with van der Waals surface area (Å²) < 4.78 is 29.9. The van der Waals surface area contributed by atoms with Crippen LogP contribution in [0, 0.1) is 20.8 Å². The molecule has 3 aromatic rings. The van der Waals surface area contributed by atoms with E-state index in [-0.39, 0.29) is 4.90 Å². The Morgan fingerprint density at radius 1 is 1.12 bits per heavy atom. The number of thiazole rings is 1. The number of aryl methyl sites for hydroxylation is 2. The van der Waals surface area contributed by atoms with Crippen LogP contribution in [0.3, 0.4) is 0 Å². The van der Waals surface area contributed by atoms with Crippen LogP contribution in [0.1, 0.15) is 17.1 Å². The van der Waals surface area contributed by atoms with Gasteiger partial charge in [0.05, 0.1) is 5.69 Å². The SMILES string of the molecule is Cc1cccc(NS(=O)(=O)c2cc(-c3nc(C)cs3)n(C)c2C)n1. The first-order chi connectivity index (χ1) is 11.3. The van der Waals surface area contributed by atoms with Crippen LogP contribution in [0.25, 0.3) is 10.7 Å². The van der Waals surface area contributed by atoms with Crippen molar-refractivity contribution in [2.24, 2.45) is 7.05 Å². The maximum absolute atomic E-state index is 12.8. The zero-order chi connectivity index (χ0) is 17.5. The van der Waals surface area contributed by atoms with Crippen molar-refractivity contribution in [1.29, 1.82) is 0 Å². The van der Waals surface area contributed by atoms with E-state index in [0.717, 1.165) is 22.1 Å². The summed E-state index contributed by atoms with van der Waals surface area (Å²) in [5, 5.41) is 2.74. The lowest BCUT2D eigenvalue weighted by Gasteiger charge is -2.08. The maximum Gasteiger partial charge on any atom is 0.264 e. The van der Waals surface area contributed by atoms with Crippen molar-refractivity contribution in [2.45, 2.75) is 25.7 Å². The molecule has 0 fully saturated rings. The van der Waals surface area contributed by atoms with Gasteiger partial charge in [-0.3, -0.25) is 4.72 Å². The van der Waals surface area contributed by atoms with Gasteiger partial charge in [-0.05, 0) is 39.0 Å². The van der Waals surface area contributed by atoms with Crippen molar-refractivity contribution in [3.05, 3.63) is 46.7 Å². The van der Waals surface area contributed by atoms with Gasteiger partial charge < -0.3 is 4.57 Å². The van der Waals surface area contributed by atoms with Crippen LogP contribution < -0.4 is 4.72 Å². The van der Waals surface area contributed by atoms with Crippen LogP contribution in [0.4, 0.5) is 5.82 Å². The average molecular weight is 362 g/mol. The van der Waals surface area contributed by atoms with Gasteiger partial charge in [0, 0.05) is 29.5 Å². The summed E-state index contributed by atoms with van der Waals surface area (Å²) in [6, 6.07) is 6.87. The summed E-state index contributed by atoms with van der Waals surface area (Å²) >= 11 is 1.50. The molecule has 0 amide bonds.